The summed E-state index contributed by atoms with van der Waals surface area (Å²) in [7, 11) is 4.01. The number of likely N-dealkylation sites (tertiary alicyclic amines) is 1. The van der Waals surface area contributed by atoms with Gasteiger partial charge in [0.05, 0.1) is 5.39 Å². The number of fused-ring (bicyclic) bond motifs is 1. The standard InChI is InChI=1S/C15H22N4OS/c1-10-8-12-13(17-15(16-2)18-14(12)21-10)20-9-11-6-4-5-7-19(11)3/h8,11H,4-7,9H2,1-3H3,(H,16,17,18). The number of aryl methyl sites for hydroxylation is 1. The Morgan fingerprint density at radius 2 is 2.29 bits per heavy atom. The first-order chi connectivity index (χ1) is 10.2. The van der Waals surface area contributed by atoms with Gasteiger partial charge in [-0.3, -0.25) is 0 Å². The number of anilines is 1. The van der Waals surface area contributed by atoms with Crippen LogP contribution in [0.4, 0.5) is 5.95 Å². The summed E-state index contributed by atoms with van der Waals surface area (Å²) in [5.74, 6) is 1.32. The molecule has 1 atom stereocenters. The molecule has 3 heterocycles. The minimum atomic E-state index is 0.488. The van der Waals surface area contributed by atoms with Gasteiger partial charge in [0.1, 0.15) is 11.4 Å². The van der Waals surface area contributed by atoms with E-state index in [-0.39, 0.29) is 0 Å². The smallest absolute Gasteiger partial charge is 0.227 e. The average molecular weight is 306 g/mol. The van der Waals surface area contributed by atoms with Gasteiger partial charge in [0.25, 0.3) is 0 Å². The van der Waals surface area contributed by atoms with Crippen molar-refractivity contribution in [2.24, 2.45) is 0 Å². The third-order valence-electron chi connectivity index (χ3n) is 4.04. The van der Waals surface area contributed by atoms with Gasteiger partial charge in [-0.1, -0.05) is 6.42 Å². The second-order valence-electron chi connectivity index (χ2n) is 5.62. The molecule has 1 saturated heterocycles. The molecule has 1 aliphatic heterocycles. The molecule has 1 fully saturated rings. The number of aromatic nitrogens is 2. The molecule has 3 rings (SSSR count). The van der Waals surface area contributed by atoms with Crippen LogP contribution in [0.15, 0.2) is 6.07 Å². The van der Waals surface area contributed by atoms with Crippen LogP contribution >= 0.6 is 11.3 Å². The summed E-state index contributed by atoms with van der Waals surface area (Å²) in [6.45, 7) is 3.94. The highest BCUT2D eigenvalue weighted by atomic mass is 32.1. The summed E-state index contributed by atoms with van der Waals surface area (Å²) < 4.78 is 6.06. The SMILES string of the molecule is CNc1nc(OCC2CCCCN2C)c2cc(C)sc2n1. The molecule has 2 aromatic heterocycles. The lowest BCUT2D eigenvalue weighted by atomic mass is 10.0. The fraction of sp³-hybridized carbons (Fsp3) is 0.600. The normalized spacial score (nSPS) is 19.9. The molecule has 6 heteroatoms. The van der Waals surface area contributed by atoms with Gasteiger partial charge >= 0.3 is 0 Å². The lowest BCUT2D eigenvalue weighted by Crippen LogP contribution is -2.40. The van der Waals surface area contributed by atoms with E-state index < -0.39 is 0 Å². The molecule has 2 aromatic rings. The van der Waals surface area contributed by atoms with Crippen LogP contribution in [0.3, 0.4) is 0 Å². The molecule has 1 N–H and O–H groups in total. The van der Waals surface area contributed by atoms with Gasteiger partial charge in [0, 0.05) is 18.0 Å². The van der Waals surface area contributed by atoms with Crippen molar-refractivity contribution in [2.45, 2.75) is 32.2 Å². The van der Waals surface area contributed by atoms with Gasteiger partial charge in [-0.2, -0.15) is 4.98 Å². The van der Waals surface area contributed by atoms with Crippen molar-refractivity contribution in [3.63, 3.8) is 0 Å². The largest absolute Gasteiger partial charge is 0.475 e. The van der Waals surface area contributed by atoms with Gasteiger partial charge in [-0.05, 0) is 39.4 Å². The zero-order valence-corrected chi connectivity index (χ0v) is 13.7. The summed E-state index contributed by atoms with van der Waals surface area (Å²) in [6, 6.07) is 2.60. The molecule has 21 heavy (non-hydrogen) atoms. The highest BCUT2D eigenvalue weighted by molar-refractivity contribution is 7.18. The number of likely N-dealkylation sites (N-methyl/N-ethyl adjacent to an activating group) is 1. The molecular formula is C15H22N4OS. The molecule has 0 spiro atoms. The van der Waals surface area contributed by atoms with Crippen molar-refractivity contribution in [1.82, 2.24) is 14.9 Å². The fourth-order valence-corrected chi connectivity index (χ4v) is 3.64. The van der Waals surface area contributed by atoms with Crippen LogP contribution in [0.2, 0.25) is 0 Å². The Balaban J connectivity index is 1.81. The summed E-state index contributed by atoms with van der Waals surface area (Å²) in [5, 5.41) is 4.03. The Hall–Kier alpha value is -1.40. The van der Waals surface area contributed by atoms with Crippen LogP contribution in [-0.4, -0.2) is 48.2 Å². The topological polar surface area (TPSA) is 50.3 Å². The number of piperidine rings is 1. The van der Waals surface area contributed by atoms with E-state index in [4.69, 9.17) is 4.74 Å². The maximum Gasteiger partial charge on any atom is 0.227 e. The van der Waals surface area contributed by atoms with E-state index in [1.54, 1.807) is 11.3 Å². The zero-order chi connectivity index (χ0) is 14.8. The first-order valence-corrected chi connectivity index (χ1v) is 8.28. The number of nitrogens with one attached hydrogen (secondary N) is 1. The Kier molecular flexibility index (Phi) is 4.26. The summed E-state index contributed by atoms with van der Waals surface area (Å²) in [6.07, 6.45) is 3.78. The van der Waals surface area contributed by atoms with Crippen LogP contribution in [0.1, 0.15) is 24.1 Å². The van der Waals surface area contributed by atoms with E-state index in [1.807, 2.05) is 7.05 Å². The van der Waals surface area contributed by atoms with Crippen molar-refractivity contribution < 1.29 is 4.74 Å². The maximum absolute atomic E-state index is 6.06. The van der Waals surface area contributed by atoms with Crippen molar-refractivity contribution in [3.8, 4) is 5.88 Å². The molecular weight excluding hydrogens is 284 g/mol. The Morgan fingerprint density at radius 3 is 3.05 bits per heavy atom. The van der Waals surface area contributed by atoms with Crippen LogP contribution in [0.25, 0.3) is 10.2 Å². The zero-order valence-electron chi connectivity index (χ0n) is 12.8. The predicted octanol–water partition coefficient (Wildman–Crippen LogP) is 2.90. The molecule has 114 valence electrons. The third-order valence-corrected chi connectivity index (χ3v) is 4.98. The van der Waals surface area contributed by atoms with Crippen molar-refractivity contribution >= 4 is 27.5 Å². The van der Waals surface area contributed by atoms with Gasteiger partial charge in [0.15, 0.2) is 0 Å². The van der Waals surface area contributed by atoms with Gasteiger partial charge < -0.3 is 15.0 Å². The van der Waals surface area contributed by atoms with Crippen LogP contribution < -0.4 is 10.1 Å². The van der Waals surface area contributed by atoms with E-state index in [0.29, 0.717) is 24.5 Å². The summed E-state index contributed by atoms with van der Waals surface area (Å²) in [5.41, 5.74) is 0. The first-order valence-electron chi connectivity index (χ1n) is 7.46. The molecule has 0 aromatic carbocycles. The molecule has 1 unspecified atom stereocenters. The molecule has 0 saturated carbocycles. The lowest BCUT2D eigenvalue weighted by molar-refractivity contribution is 0.123. The second-order valence-corrected chi connectivity index (χ2v) is 6.85. The number of rotatable bonds is 4. The summed E-state index contributed by atoms with van der Waals surface area (Å²) in [4.78, 5) is 13.6. The van der Waals surface area contributed by atoms with E-state index >= 15 is 0 Å². The maximum atomic E-state index is 6.06. The molecule has 0 bridgehead atoms. The Labute approximate surface area is 129 Å². The number of hydrogen-bond donors (Lipinski definition) is 1. The second kappa shape index (κ2) is 6.15. The number of thiophene rings is 1. The van der Waals surface area contributed by atoms with Gasteiger partial charge in [-0.25, -0.2) is 4.98 Å². The lowest BCUT2D eigenvalue weighted by Gasteiger charge is -2.32. The number of ether oxygens (including phenoxy) is 1. The predicted molar refractivity (Wildman–Crippen MR) is 87.5 cm³/mol. The minimum Gasteiger partial charge on any atom is -0.475 e. The van der Waals surface area contributed by atoms with Crippen LogP contribution in [0, 0.1) is 6.92 Å². The minimum absolute atomic E-state index is 0.488. The number of nitrogens with zero attached hydrogens (tertiary/aromatic N) is 3. The van der Waals surface area contributed by atoms with Gasteiger partial charge in [0.2, 0.25) is 11.8 Å². The van der Waals surface area contributed by atoms with E-state index in [2.05, 4.69) is 40.2 Å². The molecule has 0 radical (unpaired) electrons. The van der Waals surface area contributed by atoms with E-state index in [1.165, 1.54) is 24.1 Å². The monoisotopic (exact) mass is 306 g/mol. The fourth-order valence-electron chi connectivity index (χ4n) is 2.77. The highest BCUT2D eigenvalue weighted by Crippen LogP contribution is 2.31. The first kappa shape index (κ1) is 14.5. The molecule has 1 aliphatic rings. The van der Waals surface area contributed by atoms with E-state index in [9.17, 15) is 0 Å². The molecule has 0 aliphatic carbocycles. The molecule has 5 nitrogen and oxygen atoms in total. The number of hydrogen-bond acceptors (Lipinski definition) is 6. The van der Waals surface area contributed by atoms with Crippen LogP contribution in [-0.2, 0) is 0 Å². The third kappa shape index (κ3) is 3.11. The van der Waals surface area contributed by atoms with Crippen molar-refractivity contribution in [3.05, 3.63) is 10.9 Å². The average Bonchev–Trinajstić information content (AvgIpc) is 2.86. The quantitative estimate of drug-likeness (QED) is 0.941. The Morgan fingerprint density at radius 1 is 1.43 bits per heavy atom. The van der Waals surface area contributed by atoms with E-state index in [0.717, 1.165) is 16.8 Å². The molecule has 0 amide bonds. The highest BCUT2D eigenvalue weighted by Gasteiger charge is 2.20. The van der Waals surface area contributed by atoms with Gasteiger partial charge in [-0.15, -0.1) is 11.3 Å². The summed E-state index contributed by atoms with van der Waals surface area (Å²) >= 11 is 1.68. The van der Waals surface area contributed by atoms with Crippen LogP contribution in [0.5, 0.6) is 5.88 Å². The van der Waals surface area contributed by atoms with Crippen molar-refractivity contribution in [2.75, 3.05) is 32.6 Å². The van der Waals surface area contributed by atoms with Crippen molar-refractivity contribution in [1.29, 1.82) is 0 Å². The Bertz CT molecular complexity index is 627.